The van der Waals surface area contributed by atoms with Crippen molar-refractivity contribution in [1.29, 1.82) is 0 Å². The Morgan fingerprint density at radius 1 is 1.31 bits per heavy atom. The summed E-state index contributed by atoms with van der Waals surface area (Å²) in [5.41, 5.74) is 0. The lowest BCUT2D eigenvalue weighted by molar-refractivity contribution is -0.121. The minimum atomic E-state index is -3.67. The zero-order chi connectivity index (χ0) is 12.9. The lowest BCUT2D eigenvalue weighted by atomic mass is 10.0. The highest BCUT2D eigenvalue weighted by atomic mass is 32.2. The van der Waals surface area contributed by atoms with Gasteiger partial charge < -0.3 is 10.4 Å². The van der Waals surface area contributed by atoms with Crippen molar-refractivity contribution < 1.29 is 23.1 Å². The summed E-state index contributed by atoms with van der Waals surface area (Å²) in [7, 11) is -3.67. The van der Waals surface area contributed by atoms with Crippen molar-refractivity contribution in [2.45, 2.75) is 26.3 Å². The van der Waals surface area contributed by atoms with Crippen LogP contribution in [-0.2, 0) is 14.8 Å². The number of carbonyl (C=O) groups is 2. The molecule has 1 atom stereocenters. The van der Waals surface area contributed by atoms with Gasteiger partial charge in [-0.25, -0.2) is 13.2 Å². The molecule has 0 aliphatic rings. The van der Waals surface area contributed by atoms with E-state index in [0.29, 0.717) is 0 Å². The third-order valence-electron chi connectivity index (χ3n) is 1.61. The number of hydrogen-bond acceptors (Lipinski definition) is 4. The van der Waals surface area contributed by atoms with E-state index in [-0.39, 0.29) is 12.3 Å². The van der Waals surface area contributed by atoms with E-state index in [2.05, 4.69) is 0 Å². The molecule has 0 aromatic rings. The minimum Gasteiger partial charge on any atom is -0.465 e. The van der Waals surface area contributed by atoms with Crippen molar-refractivity contribution >= 4 is 22.0 Å². The van der Waals surface area contributed by atoms with Gasteiger partial charge in [0.15, 0.2) is 0 Å². The fraction of sp³-hybridized carbons (Fsp3) is 0.750. The first-order chi connectivity index (χ1) is 7.11. The summed E-state index contributed by atoms with van der Waals surface area (Å²) in [6.07, 6.45) is -0.305. The Kier molecular flexibility index (Phi) is 5.22. The van der Waals surface area contributed by atoms with Crippen molar-refractivity contribution in [3.63, 3.8) is 0 Å². The molecular weight excluding hydrogens is 236 g/mol. The number of sulfonamides is 1. The van der Waals surface area contributed by atoms with Crippen LogP contribution < -0.4 is 10.0 Å². The molecule has 0 aliphatic heterocycles. The molecule has 0 aromatic carbocycles. The summed E-state index contributed by atoms with van der Waals surface area (Å²) >= 11 is 0. The predicted molar refractivity (Wildman–Crippen MR) is 57.4 cm³/mol. The van der Waals surface area contributed by atoms with Gasteiger partial charge in [0.1, 0.15) is 6.04 Å². The molecule has 0 unspecified atom stereocenters. The van der Waals surface area contributed by atoms with Gasteiger partial charge in [0.2, 0.25) is 10.0 Å². The van der Waals surface area contributed by atoms with Gasteiger partial charge in [0.25, 0.3) is 5.91 Å². The van der Waals surface area contributed by atoms with Crippen LogP contribution in [0.1, 0.15) is 20.3 Å². The molecule has 0 heterocycles. The maximum absolute atomic E-state index is 11.4. The molecule has 0 radical (unpaired) electrons. The Bertz CT molecular complexity index is 363. The van der Waals surface area contributed by atoms with E-state index in [0.717, 1.165) is 6.26 Å². The fourth-order valence-corrected chi connectivity index (χ4v) is 1.61. The second kappa shape index (κ2) is 5.69. The van der Waals surface area contributed by atoms with Gasteiger partial charge in [0, 0.05) is 0 Å². The van der Waals surface area contributed by atoms with Crippen LogP contribution >= 0.6 is 0 Å². The van der Waals surface area contributed by atoms with Crippen LogP contribution in [-0.4, -0.2) is 37.8 Å². The van der Waals surface area contributed by atoms with E-state index in [9.17, 15) is 18.0 Å². The van der Waals surface area contributed by atoms with Gasteiger partial charge in [-0.2, -0.15) is 0 Å². The first kappa shape index (κ1) is 14.7. The maximum Gasteiger partial charge on any atom is 0.405 e. The highest BCUT2D eigenvalue weighted by Crippen LogP contribution is 2.05. The van der Waals surface area contributed by atoms with E-state index in [4.69, 9.17) is 5.11 Å². The van der Waals surface area contributed by atoms with E-state index in [1.165, 1.54) is 0 Å². The summed E-state index contributed by atoms with van der Waals surface area (Å²) in [4.78, 5) is 21.8. The molecule has 94 valence electrons. The SMILES string of the molecule is CC(C)C[C@H](NC(=O)O)C(=O)NS(C)(=O)=O. The molecule has 0 rings (SSSR count). The summed E-state index contributed by atoms with van der Waals surface area (Å²) in [6.45, 7) is 3.59. The highest BCUT2D eigenvalue weighted by molar-refractivity contribution is 7.89. The molecule has 8 heteroatoms. The lowest BCUT2D eigenvalue weighted by Gasteiger charge is -2.17. The first-order valence-electron chi connectivity index (χ1n) is 4.63. The molecule has 16 heavy (non-hydrogen) atoms. The molecule has 0 spiro atoms. The number of nitrogens with one attached hydrogen (secondary N) is 2. The molecule has 7 nitrogen and oxygen atoms in total. The van der Waals surface area contributed by atoms with Gasteiger partial charge in [-0.05, 0) is 12.3 Å². The van der Waals surface area contributed by atoms with E-state index >= 15 is 0 Å². The average molecular weight is 252 g/mol. The summed E-state index contributed by atoms with van der Waals surface area (Å²) in [6, 6.07) is -1.06. The van der Waals surface area contributed by atoms with Crippen LogP contribution in [0.5, 0.6) is 0 Å². The summed E-state index contributed by atoms with van der Waals surface area (Å²) in [5, 5.41) is 10.5. The second-order valence-corrected chi connectivity index (χ2v) is 5.62. The first-order valence-corrected chi connectivity index (χ1v) is 6.52. The van der Waals surface area contributed by atoms with Crippen molar-refractivity contribution in [2.75, 3.05) is 6.26 Å². The van der Waals surface area contributed by atoms with Crippen LogP contribution in [0.4, 0.5) is 4.79 Å². The molecule has 0 aromatic heterocycles. The average Bonchev–Trinajstić information content (AvgIpc) is 1.97. The van der Waals surface area contributed by atoms with Crippen molar-refractivity contribution in [2.24, 2.45) is 5.92 Å². The Labute approximate surface area is 94.3 Å². The van der Waals surface area contributed by atoms with Crippen LogP contribution in [0, 0.1) is 5.92 Å². The third kappa shape index (κ3) is 7.04. The molecule has 0 aliphatic carbocycles. The van der Waals surface area contributed by atoms with Crippen LogP contribution in [0.15, 0.2) is 0 Å². The van der Waals surface area contributed by atoms with Gasteiger partial charge >= 0.3 is 6.09 Å². The monoisotopic (exact) mass is 252 g/mol. The Balaban J connectivity index is 4.62. The molecule has 0 saturated carbocycles. The van der Waals surface area contributed by atoms with Gasteiger partial charge in [0.05, 0.1) is 6.26 Å². The Morgan fingerprint density at radius 2 is 1.81 bits per heavy atom. The van der Waals surface area contributed by atoms with E-state index in [1.807, 2.05) is 5.32 Å². The number of amides is 2. The van der Waals surface area contributed by atoms with Crippen LogP contribution in [0.3, 0.4) is 0 Å². The van der Waals surface area contributed by atoms with Crippen molar-refractivity contribution in [3.8, 4) is 0 Å². The second-order valence-electron chi connectivity index (χ2n) is 3.87. The predicted octanol–water partition coefficient (Wildman–Crippen LogP) is -0.255. The molecular formula is C8H16N2O5S. The largest absolute Gasteiger partial charge is 0.465 e. The number of hydrogen-bond donors (Lipinski definition) is 3. The number of carbonyl (C=O) groups excluding carboxylic acids is 1. The molecule has 3 N–H and O–H groups in total. The molecule has 0 fully saturated rings. The smallest absolute Gasteiger partial charge is 0.405 e. The summed E-state index contributed by atoms with van der Waals surface area (Å²) < 4.78 is 23.4. The van der Waals surface area contributed by atoms with Gasteiger partial charge in [-0.15, -0.1) is 0 Å². The van der Waals surface area contributed by atoms with Crippen LogP contribution in [0.25, 0.3) is 0 Å². The quantitative estimate of drug-likeness (QED) is 0.624. The topological polar surface area (TPSA) is 113 Å². The van der Waals surface area contributed by atoms with Gasteiger partial charge in [-0.1, -0.05) is 13.8 Å². The standard InChI is InChI=1S/C8H16N2O5S/c1-5(2)4-6(9-8(12)13)7(11)10-16(3,14)15/h5-6,9H,4H2,1-3H3,(H,10,11)(H,12,13)/t6-/m0/s1. The minimum absolute atomic E-state index is 0.0576. The summed E-state index contributed by atoms with van der Waals surface area (Å²) in [5.74, 6) is -0.805. The maximum atomic E-state index is 11.4. The Hall–Kier alpha value is -1.31. The van der Waals surface area contributed by atoms with E-state index < -0.39 is 28.1 Å². The normalized spacial score (nSPS) is 13.2. The number of carboxylic acid groups (broad SMARTS) is 1. The van der Waals surface area contributed by atoms with Crippen molar-refractivity contribution in [3.05, 3.63) is 0 Å². The Morgan fingerprint density at radius 3 is 2.12 bits per heavy atom. The molecule has 2 amide bonds. The van der Waals surface area contributed by atoms with E-state index in [1.54, 1.807) is 18.6 Å². The molecule has 0 saturated heterocycles. The highest BCUT2D eigenvalue weighted by Gasteiger charge is 2.23. The lowest BCUT2D eigenvalue weighted by Crippen LogP contribution is -2.48. The third-order valence-corrected chi connectivity index (χ3v) is 2.18. The number of rotatable bonds is 5. The fourth-order valence-electron chi connectivity index (χ4n) is 1.11. The van der Waals surface area contributed by atoms with Crippen molar-refractivity contribution in [1.82, 2.24) is 10.0 Å². The van der Waals surface area contributed by atoms with Crippen LogP contribution in [0.2, 0.25) is 0 Å². The zero-order valence-corrected chi connectivity index (χ0v) is 10.2. The van der Waals surface area contributed by atoms with Gasteiger partial charge in [-0.3, -0.25) is 9.52 Å². The zero-order valence-electron chi connectivity index (χ0n) is 9.35. The molecule has 0 bridgehead atoms.